The maximum atomic E-state index is 12.7. The molecule has 2 rings (SSSR count). The molecule has 0 N–H and O–H groups in total. The molecule has 10 nitrogen and oxygen atoms in total. The Labute approximate surface area is 148 Å². The van der Waals surface area contributed by atoms with Gasteiger partial charge in [0.1, 0.15) is 23.7 Å². The first kappa shape index (κ1) is 19.5. The second-order valence-electron chi connectivity index (χ2n) is 5.96. The van der Waals surface area contributed by atoms with Crippen molar-refractivity contribution in [3.05, 3.63) is 0 Å². The number of ether oxygens (including phenoxy) is 4. The third-order valence-electron chi connectivity index (χ3n) is 5.03. The Bertz CT molecular complexity index is 571. The number of methoxy groups -OCH3 is 4. The van der Waals surface area contributed by atoms with E-state index in [1.807, 2.05) is 0 Å². The average molecular weight is 370 g/mol. The third-order valence-corrected chi connectivity index (χ3v) is 5.03. The molecule has 0 saturated heterocycles. The van der Waals surface area contributed by atoms with Gasteiger partial charge in [-0.2, -0.15) is 0 Å². The molecule has 142 valence electrons. The molecule has 0 aromatic heterocycles. The highest BCUT2D eigenvalue weighted by Crippen LogP contribution is 2.54. The zero-order valence-electron chi connectivity index (χ0n) is 14.5. The number of rotatable bonds is 4. The summed E-state index contributed by atoms with van der Waals surface area (Å²) in [5.74, 6) is -14.6. The predicted octanol–water partition coefficient (Wildman–Crippen LogP) is -1.46. The van der Waals surface area contributed by atoms with Gasteiger partial charge < -0.3 is 18.9 Å². The zero-order valence-corrected chi connectivity index (χ0v) is 14.5. The van der Waals surface area contributed by atoms with Gasteiger partial charge in [0, 0.05) is 11.8 Å². The van der Waals surface area contributed by atoms with Crippen LogP contribution in [0.4, 0.5) is 0 Å². The second-order valence-corrected chi connectivity index (χ2v) is 5.96. The minimum Gasteiger partial charge on any atom is -0.468 e. The summed E-state index contributed by atoms with van der Waals surface area (Å²) in [5.41, 5.74) is 0. The second kappa shape index (κ2) is 7.22. The summed E-state index contributed by atoms with van der Waals surface area (Å²) < 4.78 is 18.4. The van der Waals surface area contributed by atoms with E-state index < -0.39 is 71.0 Å². The maximum absolute atomic E-state index is 12.7. The lowest BCUT2D eigenvalue weighted by atomic mass is 9.82. The minimum atomic E-state index is -1.57. The van der Waals surface area contributed by atoms with E-state index in [0.717, 1.165) is 28.4 Å². The molecule has 0 spiro atoms. The molecule has 2 fully saturated rings. The quantitative estimate of drug-likeness (QED) is 0.328. The average Bonchev–Trinajstić information content (AvgIpc) is 3.08. The van der Waals surface area contributed by atoms with Crippen molar-refractivity contribution in [2.45, 2.75) is 0 Å². The van der Waals surface area contributed by atoms with Gasteiger partial charge in [0.25, 0.3) is 0 Å². The molecular weight excluding hydrogens is 352 g/mol. The van der Waals surface area contributed by atoms with Crippen molar-refractivity contribution in [2.24, 2.45) is 35.5 Å². The van der Waals surface area contributed by atoms with Gasteiger partial charge in [-0.15, -0.1) is 0 Å². The van der Waals surface area contributed by atoms with Crippen LogP contribution in [0, 0.1) is 35.5 Å². The van der Waals surface area contributed by atoms with Gasteiger partial charge in [0.2, 0.25) is 0 Å². The molecule has 4 atom stereocenters. The summed E-state index contributed by atoms with van der Waals surface area (Å²) in [4.78, 5) is 74.1. The van der Waals surface area contributed by atoms with Crippen LogP contribution < -0.4 is 0 Å². The minimum absolute atomic E-state index is 0.867. The Balaban J connectivity index is 2.67. The lowest BCUT2D eigenvalue weighted by Gasteiger charge is -2.20. The largest absolute Gasteiger partial charge is 0.468 e. The Morgan fingerprint density at radius 1 is 0.538 bits per heavy atom. The highest BCUT2D eigenvalue weighted by Gasteiger charge is 2.70. The van der Waals surface area contributed by atoms with Crippen LogP contribution in [0.2, 0.25) is 0 Å². The van der Waals surface area contributed by atoms with E-state index >= 15 is 0 Å². The van der Waals surface area contributed by atoms with Crippen molar-refractivity contribution >= 4 is 35.4 Å². The molecule has 26 heavy (non-hydrogen) atoms. The Morgan fingerprint density at radius 3 is 0.885 bits per heavy atom. The fourth-order valence-corrected chi connectivity index (χ4v) is 4.02. The molecule has 0 heterocycles. The van der Waals surface area contributed by atoms with E-state index in [-0.39, 0.29) is 0 Å². The van der Waals surface area contributed by atoms with Crippen molar-refractivity contribution in [3.63, 3.8) is 0 Å². The van der Waals surface area contributed by atoms with E-state index in [0.29, 0.717) is 0 Å². The predicted molar refractivity (Wildman–Crippen MR) is 79.0 cm³/mol. The monoisotopic (exact) mass is 370 g/mol. The van der Waals surface area contributed by atoms with Gasteiger partial charge in [-0.25, -0.2) is 0 Å². The van der Waals surface area contributed by atoms with Gasteiger partial charge in [0.05, 0.1) is 28.4 Å². The number of esters is 4. The number of fused-ring (bicyclic) bond motifs is 1. The summed E-state index contributed by atoms with van der Waals surface area (Å²) in [6.07, 6.45) is 0. The number of ketones is 2. The first-order chi connectivity index (χ1) is 12.3. The number of carbonyl (C=O) groups is 6. The Hall–Kier alpha value is -2.78. The SMILES string of the molecule is COC(=O)[C@@H]1C(=O)[C@H](C(=O)OC)C2C1[C@H](C(=O)OC)C(=O)[C@@H]2C(=O)OC. The van der Waals surface area contributed by atoms with Gasteiger partial charge in [0.15, 0.2) is 11.6 Å². The normalized spacial score (nSPS) is 32.6. The smallest absolute Gasteiger partial charge is 0.316 e. The molecule has 2 saturated carbocycles. The van der Waals surface area contributed by atoms with Gasteiger partial charge in [-0.3, -0.25) is 28.8 Å². The number of Topliss-reactive ketones (excluding diaryl/α,β-unsaturated/α-hetero) is 2. The maximum Gasteiger partial charge on any atom is 0.316 e. The van der Waals surface area contributed by atoms with E-state index in [1.54, 1.807) is 0 Å². The topological polar surface area (TPSA) is 139 Å². The molecule has 2 aliphatic carbocycles. The summed E-state index contributed by atoms with van der Waals surface area (Å²) in [6.45, 7) is 0. The molecule has 0 amide bonds. The van der Waals surface area contributed by atoms with Crippen molar-refractivity contribution in [2.75, 3.05) is 28.4 Å². The summed E-state index contributed by atoms with van der Waals surface area (Å²) in [6, 6.07) is 0. The molecule has 0 aliphatic heterocycles. The lowest BCUT2D eigenvalue weighted by molar-refractivity contribution is -0.156. The molecule has 0 aromatic carbocycles. The van der Waals surface area contributed by atoms with Crippen LogP contribution in [-0.2, 0) is 47.7 Å². The Morgan fingerprint density at radius 2 is 0.731 bits per heavy atom. The van der Waals surface area contributed by atoms with Crippen LogP contribution in [0.15, 0.2) is 0 Å². The fourth-order valence-electron chi connectivity index (χ4n) is 4.02. The number of hydrogen-bond donors (Lipinski definition) is 0. The van der Waals surface area contributed by atoms with Gasteiger partial charge in [-0.1, -0.05) is 0 Å². The Kier molecular flexibility index (Phi) is 5.43. The lowest BCUT2D eigenvalue weighted by Crippen LogP contribution is -2.39. The van der Waals surface area contributed by atoms with E-state index in [9.17, 15) is 28.8 Å². The van der Waals surface area contributed by atoms with Crippen LogP contribution in [0.3, 0.4) is 0 Å². The highest BCUT2D eigenvalue weighted by atomic mass is 16.5. The van der Waals surface area contributed by atoms with Crippen molar-refractivity contribution in [1.82, 2.24) is 0 Å². The number of hydrogen-bond acceptors (Lipinski definition) is 10. The van der Waals surface area contributed by atoms with Crippen LogP contribution in [0.5, 0.6) is 0 Å². The first-order valence-corrected chi connectivity index (χ1v) is 7.65. The van der Waals surface area contributed by atoms with Crippen LogP contribution >= 0.6 is 0 Å². The van der Waals surface area contributed by atoms with Gasteiger partial charge >= 0.3 is 23.9 Å². The molecule has 0 radical (unpaired) electrons. The molecule has 2 aliphatic rings. The fraction of sp³-hybridized carbons (Fsp3) is 0.625. The van der Waals surface area contributed by atoms with E-state index in [1.165, 1.54) is 0 Å². The third kappa shape index (κ3) is 2.65. The summed E-state index contributed by atoms with van der Waals surface area (Å²) in [7, 11) is 4.10. The number of carbonyl (C=O) groups excluding carboxylic acids is 6. The van der Waals surface area contributed by atoms with Crippen LogP contribution in [0.1, 0.15) is 0 Å². The molecular formula is C16H18O10. The van der Waals surface area contributed by atoms with Crippen molar-refractivity contribution in [3.8, 4) is 0 Å². The zero-order chi connectivity index (χ0) is 19.8. The summed E-state index contributed by atoms with van der Waals surface area (Å²) >= 11 is 0. The summed E-state index contributed by atoms with van der Waals surface area (Å²) in [5, 5.41) is 0. The van der Waals surface area contributed by atoms with Crippen LogP contribution in [-0.4, -0.2) is 63.9 Å². The van der Waals surface area contributed by atoms with Crippen LogP contribution in [0.25, 0.3) is 0 Å². The highest BCUT2D eigenvalue weighted by molar-refractivity contribution is 6.18. The molecule has 0 bridgehead atoms. The molecule has 0 unspecified atom stereocenters. The van der Waals surface area contributed by atoms with Crippen molar-refractivity contribution in [1.29, 1.82) is 0 Å². The van der Waals surface area contributed by atoms with Crippen molar-refractivity contribution < 1.29 is 47.7 Å². The van der Waals surface area contributed by atoms with Gasteiger partial charge in [-0.05, 0) is 0 Å². The first-order valence-electron chi connectivity index (χ1n) is 7.65. The molecule has 0 aromatic rings. The standard InChI is InChI=1S/C16H18O10/c1-23-13(19)7-5-6(9(11(7)17)15(21)25-3)10(16(22)26-4)12(18)8(5)14(20)24-2/h5-10H,1-4H3/t5?,6?,7-,8-,9+,10+. The van der Waals surface area contributed by atoms with E-state index in [2.05, 4.69) is 18.9 Å². The van der Waals surface area contributed by atoms with E-state index in [4.69, 9.17) is 0 Å². The molecule has 10 heteroatoms.